The van der Waals surface area contributed by atoms with Crippen LogP contribution >= 0.6 is 0 Å². The molecule has 0 nitrogen and oxygen atoms in total. The second-order valence-electron chi connectivity index (χ2n) is 5.36. The lowest BCUT2D eigenvalue weighted by Gasteiger charge is -2.04. The van der Waals surface area contributed by atoms with E-state index in [-0.39, 0.29) is 0 Å². The molecule has 0 aliphatic carbocycles. The van der Waals surface area contributed by atoms with Crippen LogP contribution in [-0.2, 0) is 0 Å². The van der Waals surface area contributed by atoms with Gasteiger partial charge in [-0.15, -0.1) is 0 Å². The minimum absolute atomic E-state index is 1.32. The highest BCUT2D eigenvalue weighted by atomic mass is 14.0. The van der Waals surface area contributed by atoms with E-state index in [9.17, 15) is 0 Å². The van der Waals surface area contributed by atoms with E-state index >= 15 is 0 Å². The summed E-state index contributed by atoms with van der Waals surface area (Å²) in [5.74, 6) is 0. The molecule has 96 valence electrons. The van der Waals surface area contributed by atoms with Gasteiger partial charge in [-0.2, -0.15) is 0 Å². The molecule has 0 spiro atoms. The van der Waals surface area contributed by atoms with Crippen LogP contribution in [0, 0.1) is 0 Å². The normalized spacial score (nSPS) is 10.5. The standard InChI is InChI=1S/C16H32/c1-5-6-7-8-9-10-11-12-13-14-16(4)15(2)3/h5-14H2,1-4H3. The Morgan fingerprint density at radius 3 is 1.50 bits per heavy atom. The fourth-order valence-electron chi connectivity index (χ4n) is 1.95. The molecular weight excluding hydrogens is 192 g/mol. The average molecular weight is 224 g/mol. The van der Waals surface area contributed by atoms with E-state index < -0.39 is 0 Å². The number of rotatable bonds is 10. The molecule has 0 bridgehead atoms. The lowest BCUT2D eigenvalue weighted by Crippen LogP contribution is -1.84. The molecule has 0 aliphatic rings. The molecule has 0 unspecified atom stereocenters. The molecule has 0 aromatic rings. The summed E-state index contributed by atoms with van der Waals surface area (Å²) in [6.07, 6.45) is 14.2. The molecule has 0 rings (SSSR count). The Kier molecular flexibility index (Phi) is 11.0. The second-order valence-corrected chi connectivity index (χ2v) is 5.36. The van der Waals surface area contributed by atoms with Crippen LogP contribution in [0.2, 0.25) is 0 Å². The van der Waals surface area contributed by atoms with Gasteiger partial charge in [0, 0.05) is 0 Å². The van der Waals surface area contributed by atoms with Crippen molar-refractivity contribution in [2.45, 2.75) is 91.9 Å². The molecule has 0 fully saturated rings. The van der Waals surface area contributed by atoms with Crippen molar-refractivity contribution in [3.8, 4) is 0 Å². The van der Waals surface area contributed by atoms with Crippen LogP contribution in [0.3, 0.4) is 0 Å². The molecule has 0 radical (unpaired) electrons. The fraction of sp³-hybridized carbons (Fsp3) is 0.875. The fourth-order valence-corrected chi connectivity index (χ4v) is 1.95. The second kappa shape index (κ2) is 11.2. The van der Waals surface area contributed by atoms with E-state index in [1.165, 1.54) is 69.8 Å². The van der Waals surface area contributed by atoms with Crippen LogP contribution < -0.4 is 0 Å². The first kappa shape index (κ1) is 15.7. The Bertz CT molecular complexity index is 172. The monoisotopic (exact) mass is 224 g/mol. The third-order valence-electron chi connectivity index (χ3n) is 3.51. The Labute approximate surface area is 104 Å². The molecule has 0 aromatic heterocycles. The van der Waals surface area contributed by atoms with Gasteiger partial charge in [-0.05, 0) is 33.6 Å². The molecule has 0 saturated carbocycles. The van der Waals surface area contributed by atoms with Gasteiger partial charge < -0.3 is 0 Å². The quantitative estimate of drug-likeness (QED) is 0.303. The lowest BCUT2D eigenvalue weighted by atomic mass is 10.0. The largest absolute Gasteiger partial charge is 0.0775 e. The van der Waals surface area contributed by atoms with Crippen molar-refractivity contribution < 1.29 is 0 Å². The van der Waals surface area contributed by atoms with Gasteiger partial charge in [0.1, 0.15) is 0 Å². The Morgan fingerprint density at radius 1 is 0.625 bits per heavy atom. The van der Waals surface area contributed by atoms with E-state index in [0.29, 0.717) is 0 Å². The highest BCUT2D eigenvalue weighted by molar-refractivity contribution is 5.06. The Balaban J connectivity index is 3.13. The van der Waals surface area contributed by atoms with Crippen LogP contribution in [0.25, 0.3) is 0 Å². The summed E-state index contributed by atoms with van der Waals surface area (Å²) >= 11 is 0. The van der Waals surface area contributed by atoms with E-state index in [1.807, 2.05) is 0 Å². The maximum absolute atomic E-state index is 2.28. The van der Waals surface area contributed by atoms with Crippen LogP contribution in [-0.4, -0.2) is 0 Å². The van der Waals surface area contributed by atoms with Gasteiger partial charge in [0.2, 0.25) is 0 Å². The third-order valence-corrected chi connectivity index (χ3v) is 3.51. The summed E-state index contributed by atoms with van der Waals surface area (Å²) in [6.45, 7) is 9.01. The van der Waals surface area contributed by atoms with Crippen molar-refractivity contribution in [1.82, 2.24) is 0 Å². The first-order valence-corrected chi connectivity index (χ1v) is 7.31. The summed E-state index contributed by atoms with van der Waals surface area (Å²) in [6, 6.07) is 0. The van der Waals surface area contributed by atoms with Crippen molar-refractivity contribution in [3.05, 3.63) is 11.1 Å². The van der Waals surface area contributed by atoms with Gasteiger partial charge in [0.15, 0.2) is 0 Å². The van der Waals surface area contributed by atoms with Crippen molar-refractivity contribution >= 4 is 0 Å². The minimum Gasteiger partial charge on any atom is -0.0775 e. The summed E-state index contributed by atoms with van der Waals surface area (Å²) in [7, 11) is 0. The van der Waals surface area contributed by atoms with Gasteiger partial charge in [0.05, 0.1) is 0 Å². The highest BCUT2D eigenvalue weighted by Crippen LogP contribution is 2.14. The molecule has 0 amide bonds. The van der Waals surface area contributed by atoms with Crippen molar-refractivity contribution in [1.29, 1.82) is 0 Å². The first-order chi connectivity index (χ1) is 7.68. The van der Waals surface area contributed by atoms with Crippen molar-refractivity contribution in [2.75, 3.05) is 0 Å². The zero-order chi connectivity index (χ0) is 12.2. The minimum atomic E-state index is 1.32. The van der Waals surface area contributed by atoms with E-state index in [4.69, 9.17) is 0 Å². The maximum Gasteiger partial charge on any atom is -0.0321 e. The van der Waals surface area contributed by atoms with Crippen molar-refractivity contribution in [3.63, 3.8) is 0 Å². The molecule has 16 heavy (non-hydrogen) atoms. The van der Waals surface area contributed by atoms with Gasteiger partial charge in [0.25, 0.3) is 0 Å². The van der Waals surface area contributed by atoms with Gasteiger partial charge >= 0.3 is 0 Å². The number of allylic oxidation sites excluding steroid dienone is 2. The Morgan fingerprint density at radius 2 is 1.06 bits per heavy atom. The Hall–Kier alpha value is -0.260. The molecule has 0 heteroatoms. The number of hydrogen-bond acceptors (Lipinski definition) is 0. The first-order valence-electron chi connectivity index (χ1n) is 7.31. The molecule has 0 aliphatic heterocycles. The van der Waals surface area contributed by atoms with E-state index in [0.717, 1.165) is 0 Å². The SMILES string of the molecule is CCCCCCCCCCCC(C)=C(C)C. The van der Waals surface area contributed by atoms with E-state index in [2.05, 4.69) is 27.7 Å². The van der Waals surface area contributed by atoms with Gasteiger partial charge in [-0.25, -0.2) is 0 Å². The van der Waals surface area contributed by atoms with Crippen molar-refractivity contribution in [2.24, 2.45) is 0 Å². The van der Waals surface area contributed by atoms with Crippen LogP contribution in [0.4, 0.5) is 0 Å². The summed E-state index contributed by atoms with van der Waals surface area (Å²) < 4.78 is 0. The summed E-state index contributed by atoms with van der Waals surface area (Å²) in [4.78, 5) is 0. The molecule has 0 saturated heterocycles. The highest BCUT2D eigenvalue weighted by Gasteiger charge is 1.94. The van der Waals surface area contributed by atoms with Crippen LogP contribution in [0.1, 0.15) is 91.9 Å². The third kappa shape index (κ3) is 10.3. The molecular formula is C16H32. The van der Waals surface area contributed by atoms with Crippen LogP contribution in [0.5, 0.6) is 0 Å². The average Bonchev–Trinajstić information content (AvgIpc) is 2.26. The predicted octanol–water partition coefficient (Wildman–Crippen LogP) is 6.26. The summed E-state index contributed by atoms with van der Waals surface area (Å²) in [5, 5.41) is 0. The zero-order valence-electron chi connectivity index (χ0n) is 12.1. The van der Waals surface area contributed by atoms with Gasteiger partial charge in [-0.3, -0.25) is 0 Å². The van der Waals surface area contributed by atoms with Crippen LogP contribution in [0.15, 0.2) is 11.1 Å². The molecule has 0 aromatic carbocycles. The zero-order valence-corrected chi connectivity index (χ0v) is 12.1. The lowest BCUT2D eigenvalue weighted by molar-refractivity contribution is 0.564. The number of hydrogen-bond donors (Lipinski definition) is 0. The molecule has 0 N–H and O–H groups in total. The van der Waals surface area contributed by atoms with E-state index in [1.54, 1.807) is 5.57 Å². The maximum atomic E-state index is 2.28. The number of unbranched alkanes of at least 4 members (excludes halogenated alkanes) is 8. The van der Waals surface area contributed by atoms with Gasteiger partial charge in [-0.1, -0.05) is 69.4 Å². The smallest absolute Gasteiger partial charge is 0.0321 e. The summed E-state index contributed by atoms with van der Waals surface area (Å²) in [5.41, 5.74) is 3.11. The molecule has 0 atom stereocenters. The molecule has 0 heterocycles. The predicted molar refractivity (Wildman–Crippen MR) is 75.9 cm³/mol. The topological polar surface area (TPSA) is 0 Å².